The van der Waals surface area contributed by atoms with E-state index in [-0.39, 0.29) is 5.75 Å². The molecule has 0 radical (unpaired) electrons. The predicted molar refractivity (Wildman–Crippen MR) is 124 cm³/mol. The molecular formula is C26H42NO5+. The first-order valence-electron chi connectivity index (χ1n) is 12.3. The molecule has 1 aliphatic heterocycles. The first-order chi connectivity index (χ1) is 15.4. The largest absolute Gasteiger partial charge is 0.507 e. The van der Waals surface area contributed by atoms with Crippen molar-refractivity contribution in [3.8, 4) is 17.2 Å². The van der Waals surface area contributed by atoms with Gasteiger partial charge in [-0.15, -0.1) is 0 Å². The molecule has 0 amide bonds. The van der Waals surface area contributed by atoms with E-state index in [1.807, 2.05) is 6.07 Å². The van der Waals surface area contributed by atoms with Gasteiger partial charge in [0.25, 0.3) is 0 Å². The molecule has 1 heterocycles. The fourth-order valence-electron chi connectivity index (χ4n) is 6.49. The van der Waals surface area contributed by atoms with Crippen LogP contribution in [0.15, 0.2) is 12.1 Å². The van der Waals surface area contributed by atoms with Crippen molar-refractivity contribution in [1.82, 2.24) is 0 Å². The molecule has 0 spiro atoms. The van der Waals surface area contributed by atoms with Crippen LogP contribution in [0.2, 0.25) is 0 Å². The third kappa shape index (κ3) is 4.73. The number of hydrogen-bond acceptors (Lipinski definition) is 5. The number of benzene rings is 1. The Morgan fingerprint density at radius 3 is 2.44 bits per heavy atom. The molecule has 0 aromatic heterocycles. The van der Waals surface area contributed by atoms with Crippen molar-refractivity contribution in [2.45, 2.75) is 46.1 Å². The van der Waals surface area contributed by atoms with E-state index in [0.29, 0.717) is 16.9 Å². The summed E-state index contributed by atoms with van der Waals surface area (Å²) in [5.74, 6) is 4.15. The van der Waals surface area contributed by atoms with Crippen LogP contribution in [0.25, 0.3) is 0 Å². The Balaban J connectivity index is 1.32. The minimum Gasteiger partial charge on any atom is -0.507 e. The summed E-state index contributed by atoms with van der Waals surface area (Å²) in [5, 5.41) is 10.6. The number of phenols is 1. The molecule has 3 aliphatic carbocycles. The molecule has 3 atom stereocenters. The highest BCUT2D eigenvalue weighted by Gasteiger charge is 2.53. The lowest BCUT2D eigenvalue weighted by atomic mass is 9.45. The molecule has 1 aromatic rings. The van der Waals surface area contributed by atoms with Crippen molar-refractivity contribution in [2.75, 3.05) is 60.3 Å². The van der Waals surface area contributed by atoms with Crippen LogP contribution in [0.4, 0.5) is 0 Å². The second-order valence-corrected chi connectivity index (χ2v) is 10.7. The molecule has 3 unspecified atom stereocenters. The molecule has 32 heavy (non-hydrogen) atoms. The van der Waals surface area contributed by atoms with Gasteiger partial charge < -0.3 is 28.5 Å². The van der Waals surface area contributed by atoms with Gasteiger partial charge in [-0.25, -0.2) is 0 Å². The van der Waals surface area contributed by atoms with Gasteiger partial charge in [-0.3, -0.25) is 0 Å². The Labute approximate surface area is 193 Å². The van der Waals surface area contributed by atoms with Crippen LogP contribution in [0.3, 0.4) is 0 Å². The van der Waals surface area contributed by atoms with Gasteiger partial charge in [0.2, 0.25) is 0 Å². The van der Waals surface area contributed by atoms with Gasteiger partial charge in [-0.05, 0) is 54.9 Å². The van der Waals surface area contributed by atoms with Crippen LogP contribution in [-0.4, -0.2) is 69.9 Å². The van der Waals surface area contributed by atoms with Crippen LogP contribution < -0.4 is 9.47 Å². The summed E-state index contributed by atoms with van der Waals surface area (Å²) in [7, 11) is 3.21. The van der Waals surface area contributed by atoms with E-state index in [1.54, 1.807) is 20.3 Å². The molecule has 2 bridgehead atoms. The molecule has 1 saturated heterocycles. The molecule has 1 aromatic carbocycles. The number of aromatic hydroxyl groups is 1. The summed E-state index contributed by atoms with van der Waals surface area (Å²) >= 11 is 0. The van der Waals surface area contributed by atoms with E-state index in [0.717, 1.165) is 80.4 Å². The first-order valence-corrected chi connectivity index (χ1v) is 12.3. The van der Waals surface area contributed by atoms with Crippen molar-refractivity contribution < 1.29 is 28.5 Å². The molecule has 6 nitrogen and oxygen atoms in total. The van der Waals surface area contributed by atoms with E-state index in [1.165, 1.54) is 25.7 Å². The zero-order chi connectivity index (χ0) is 22.8. The number of fused-ring (bicyclic) bond motifs is 2. The Kier molecular flexibility index (Phi) is 7.23. The third-order valence-electron chi connectivity index (χ3n) is 8.85. The van der Waals surface area contributed by atoms with Gasteiger partial charge in [0.05, 0.1) is 39.6 Å². The monoisotopic (exact) mass is 448 g/mol. The van der Waals surface area contributed by atoms with Crippen molar-refractivity contribution in [1.29, 1.82) is 0 Å². The van der Waals surface area contributed by atoms with E-state index in [9.17, 15) is 5.11 Å². The summed E-state index contributed by atoms with van der Waals surface area (Å²) in [6.45, 7) is 11.6. The fraction of sp³-hybridized carbons (Fsp3) is 0.769. The van der Waals surface area contributed by atoms with Crippen molar-refractivity contribution >= 4 is 0 Å². The lowest BCUT2D eigenvalue weighted by molar-refractivity contribution is -0.947. The maximum absolute atomic E-state index is 10.6. The number of methoxy groups -OCH3 is 2. The van der Waals surface area contributed by atoms with Crippen LogP contribution in [0, 0.1) is 23.2 Å². The lowest BCUT2D eigenvalue weighted by Gasteiger charge is -2.60. The molecule has 6 heteroatoms. The van der Waals surface area contributed by atoms with E-state index in [2.05, 4.69) is 13.8 Å². The van der Waals surface area contributed by atoms with Crippen molar-refractivity contribution in [3.63, 3.8) is 0 Å². The zero-order valence-corrected chi connectivity index (χ0v) is 20.4. The van der Waals surface area contributed by atoms with E-state index >= 15 is 0 Å². The topological polar surface area (TPSA) is 57.2 Å². The van der Waals surface area contributed by atoms with Crippen molar-refractivity contribution in [2.24, 2.45) is 23.2 Å². The van der Waals surface area contributed by atoms with E-state index < -0.39 is 0 Å². The number of quaternary nitrogens is 1. The number of ether oxygens (including phenoxy) is 4. The number of hydrogen-bond donors (Lipinski definition) is 1. The van der Waals surface area contributed by atoms with Gasteiger partial charge in [0.1, 0.15) is 31.9 Å². The quantitative estimate of drug-likeness (QED) is 0.429. The van der Waals surface area contributed by atoms with Crippen molar-refractivity contribution in [3.05, 3.63) is 17.7 Å². The lowest BCUT2D eigenvalue weighted by Crippen LogP contribution is -2.56. The van der Waals surface area contributed by atoms with Gasteiger partial charge >= 0.3 is 0 Å². The molecule has 180 valence electrons. The van der Waals surface area contributed by atoms with Gasteiger partial charge in [-0.1, -0.05) is 13.8 Å². The zero-order valence-electron chi connectivity index (χ0n) is 20.4. The minimum atomic E-state index is 0.256. The Morgan fingerprint density at radius 1 is 1.06 bits per heavy atom. The highest BCUT2D eigenvalue weighted by Crippen LogP contribution is 2.61. The maximum atomic E-state index is 10.6. The maximum Gasteiger partial charge on any atom is 0.164 e. The second kappa shape index (κ2) is 9.78. The summed E-state index contributed by atoms with van der Waals surface area (Å²) < 4.78 is 23.5. The number of rotatable bonds is 10. The Morgan fingerprint density at radius 2 is 1.78 bits per heavy atom. The summed E-state index contributed by atoms with van der Waals surface area (Å²) in [6.07, 6.45) is 5.42. The second-order valence-electron chi connectivity index (χ2n) is 10.7. The smallest absolute Gasteiger partial charge is 0.164 e. The van der Waals surface area contributed by atoms with Gasteiger partial charge in [0, 0.05) is 12.7 Å². The predicted octanol–water partition coefficient (Wildman–Crippen LogP) is 4.24. The Bertz CT molecular complexity index is 772. The highest BCUT2D eigenvalue weighted by atomic mass is 16.5. The standard InChI is InChI=1S/C26H41NO5/c1-26(2)21-6-5-19(22(26)16-21)7-11-31-12-8-27(9-13-32-14-10-27)18-20-15-24(29-3)25(30-4)17-23(20)28/h15,17,19,21-22H,5-14,16,18H2,1-4H3/p+1. The molecule has 3 saturated carbocycles. The normalized spacial score (nSPS) is 28.1. The number of morpholine rings is 1. The molecule has 4 aliphatic rings. The summed E-state index contributed by atoms with van der Waals surface area (Å²) in [4.78, 5) is 0. The van der Waals surface area contributed by atoms with Crippen LogP contribution in [0.5, 0.6) is 17.2 Å². The number of phenolic OH excluding ortho intramolecular Hbond substituents is 1. The first kappa shape index (κ1) is 23.7. The third-order valence-corrected chi connectivity index (χ3v) is 8.85. The van der Waals surface area contributed by atoms with Crippen LogP contribution >= 0.6 is 0 Å². The van der Waals surface area contributed by atoms with Gasteiger partial charge in [-0.2, -0.15) is 0 Å². The van der Waals surface area contributed by atoms with Crippen LogP contribution in [-0.2, 0) is 16.0 Å². The van der Waals surface area contributed by atoms with Crippen LogP contribution in [0.1, 0.15) is 45.1 Å². The highest BCUT2D eigenvalue weighted by molar-refractivity contribution is 5.49. The average Bonchev–Trinajstić information content (AvgIpc) is 2.80. The molecule has 4 fully saturated rings. The molecular weight excluding hydrogens is 406 g/mol. The molecule has 5 rings (SSSR count). The van der Waals surface area contributed by atoms with Gasteiger partial charge in [0.15, 0.2) is 11.5 Å². The average molecular weight is 449 g/mol. The number of nitrogens with zero attached hydrogens (tertiary/aromatic N) is 1. The summed E-state index contributed by atoms with van der Waals surface area (Å²) in [6, 6.07) is 3.56. The minimum absolute atomic E-state index is 0.256. The van der Waals surface area contributed by atoms with E-state index in [4.69, 9.17) is 18.9 Å². The molecule has 1 N–H and O–H groups in total. The Hall–Kier alpha value is -1.50. The SMILES string of the molecule is COc1cc(O)c(C[N+]2(CCOCCC3CCC4CC3C4(C)C)CCOCC2)cc1OC. The summed E-state index contributed by atoms with van der Waals surface area (Å²) in [5.41, 5.74) is 1.43. The fourth-order valence-corrected chi connectivity index (χ4v) is 6.49.